The summed E-state index contributed by atoms with van der Waals surface area (Å²) in [7, 11) is -3.94. The average Bonchev–Trinajstić information content (AvgIpc) is 3.41. The summed E-state index contributed by atoms with van der Waals surface area (Å²) in [5.74, 6) is 0.00887. The maximum absolute atomic E-state index is 14.2. The summed E-state index contributed by atoms with van der Waals surface area (Å²) in [6.45, 7) is 3.63. The predicted molar refractivity (Wildman–Crippen MR) is 164 cm³/mol. The quantitative estimate of drug-likeness (QED) is 0.304. The summed E-state index contributed by atoms with van der Waals surface area (Å²) in [6.07, 6.45) is 1.19. The summed E-state index contributed by atoms with van der Waals surface area (Å²) in [4.78, 5) is 29.3. The summed E-state index contributed by atoms with van der Waals surface area (Å²) >= 11 is 13.0. The van der Waals surface area contributed by atoms with Crippen LogP contribution in [0.4, 0.5) is 5.69 Å². The van der Waals surface area contributed by atoms with E-state index >= 15 is 0 Å². The summed E-state index contributed by atoms with van der Waals surface area (Å²) < 4.78 is 37.7. The van der Waals surface area contributed by atoms with Crippen molar-refractivity contribution in [2.45, 2.75) is 32.9 Å². The standard InChI is InChI=1S/C30H33Cl2N3O6S/c1-20(2)16-33-30(37)26(14-21-8-5-4-6-9-21)34(17-23-24(31)10-7-11-25(23)32)29(36)18-35(42(3,38)39)22-12-13-27-28(15-22)41-19-40-27/h4-13,15,20,26H,14,16-19H2,1-3H3,(H,33,37)/t26-/m0/s1. The number of nitrogens with zero attached hydrogens (tertiary/aromatic N) is 2. The molecule has 0 fully saturated rings. The molecule has 224 valence electrons. The molecule has 1 aliphatic heterocycles. The second-order valence-electron chi connectivity index (χ2n) is 10.4. The first-order chi connectivity index (χ1) is 19.9. The minimum absolute atomic E-state index is 0.00954. The zero-order valence-electron chi connectivity index (χ0n) is 23.5. The van der Waals surface area contributed by atoms with Gasteiger partial charge in [0.05, 0.1) is 11.9 Å². The van der Waals surface area contributed by atoms with Crippen molar-refractivity contribution in [1.82, 2.24) is 10.2 Å². The number of ether oxygens (including phenoxy) is 2. The normalized spacial score (nSPS) is 13.1. The van der Waals surface area contributed by atoms with Gasteiger partial charge in [-0.05, 0) is 35.7 Å². The minimum atomic E-state index is -3.94. The highest BCUT2D eigenvalue weighted by atomic mass is 35.5. The highest BCUT2D eigenvalue weighted by molar-refractivity contribution is 7.92. The Morgan fingerprint density at radius 1 is 0.952 bits per heavy atom. The monoisotopic (exact) mass is 633 g/mol. The number of halogens is 2. The van der Waals surface area contributed by atoms with Crippen molar-refractivity contribution in [3.05, 3.63) is 87.9 Å². The van der Waals surface area contributed by atoms with Gasteiger partial charge in [-0.25, -0.2) is 8.42 Å². The molecule has 12 heteroatoms. The van der Waals surface area contributed by atoms with E-state index in [4.69, 9.17) is 32.7 Å². The van der Waals surface area contributed by atoms with Crippen LogP contribution in [0.15, 0.2) is 66.7 Å². The van der Waals surface area contributed by atoms with E-state index in [0.29, 0.717) is 33.7 Å². The van der Waals surface area contributed by atoms with Crippen molar-refractivity contribution in [3.8, 4) is 11.5 Å². The molecule has 0 saturated heterocycles. The van der Waals surface area contributed by atoms with Crippen LogP contribution in [-0.2, 0) is 32.6 Å². The van der Waals surface area contributed by atoms with Crippen molar-refractivity contribution in [1.29, 1.82) is 0 Å². The number of hydrogen-bond acceptors (Lipinski definition) is 6. The number of fused-ring (bicyclic) bond motifs is 1. The largest absolute Gasteiger partial charge is 0.454 e. The Labute approximate surface area is 256 Å². The molecule has 0 bridgehead atoms. The molecule has 1 atom stereocenters. The molecular formula is C30H33Cl2N3O6S. The number of benzene rings is 3. The molecule has 1 aliphatic rings. The number of amides is 2. The fourth-order valence-electron chi connectivity index (χ4n) is 4.48. The first kappa shape index (κ1) is 31.5. The Morgan fingerprint density at radius 2 is 1.62 bits per heavy atom. The van der Waals surface area contributed by atoms with E-state index in [1.807, 2.05) is 44.2 Å². The lowest BCUT2D eigenvalue weighted by Crippen LogP contribution is -2.53. The predicted octanol–water partition coefficient (Wildman–Crippen LogP) is 4.90. The molecule has 0 saturated carbocycles. The molecule has 1 heterocycles. The van der Waals surface area contributed by atoms with E-state index in [-0.39, 0.29) is 37.3 Å². The van der Waals surface area contributed by atoms with Crippen LogP contribution < -0.4 is 19.1 Å². The SMILES string of the molecule is CC(C)CNC(=O)[C@H](Cc1ccccc1)N(Cc1c(Cl)cccc1Cl)C(=O)CN(c1ccc2c(c1)OCO2)S(C)(=O)=O. The summed E-state index contributed by atoms with van der Waals surface area (Å²) in [5, 5.41) is 3.57. The molecule has 3 aromatic carbocycles. The Hall–Kier alpha value is -3.47. The third-order valence-electron chi connectivity index (χ3n) is 6.67. The van der Waals surface area contributed by atoms with Crippen LogP contribution in [0.3, 0.4) is 0 Å². The number of nitrogens with one attached hydrogen (secondary N) is 1. The highest BCUT2D eigenvalue weighted by Crippen LogP contribution is 2.36. The fourth-order valence-corrected chi connectivity index (χ4v) is 5.84. The van der Waals surface area contributed by atoms with Crippen molar-refractivity contribution in [2.24, 2.45) is 5.92 Å². The molecule has 2 amide bonds. The summed E-state index contributed by atoms with van der Waals surface area (Å²) in [6, 6.07) is 17.9. The van der Waals surface area contributed by atoms with Gasteiger partial charge in [0.15, 0.2) is 11.5 Å². The second-order valence-corrected chi connectivity index (χ2v) is 13.1. The van der Waals surface area contributed by atoms with Gasteiger partial charge in [-0.1, -0.05) is 73.4 Å². The van der Waals surface area contributed by atoms with Crippen LogP contribution in [0.2, 0.25) is 10.0 Å². The molecular weight excluding hydrogens is 601 g/mol. The van der Waals surface area contributed by atoms with Gasteiger partial charge in [0.1, 0.15) is 12.6 Å². The second kappa shape index (κ2) is 13.7. The number of carbonyl (C=O) groups excluding carboxylic acids is 2. The van der Waals surface area contributed by atoms with Crippen LogP contribution >= 0.6 is 23.2 Å². The van der Waals surface area contributed by atoms with Crippen molar-refractivity contribution in [2.75, 3.05) is 30.4 Å². The molecule has 0 unspecified atom stereocenters. The number of rotatable bonds is 12. The lowest BCUT2D eigenvalue weighted by atomic mass is 10.0. The van der Waals surface area contributed by atoms with Gasteiger partial charge in [0, 0.05) is 41.2 Å². The topological polar surface area (TPSA) is 105 Å². The van der Waals surface area contributed by atoms with Gasteiger partial charge >= 0.3 is 0 Å². The molecule has 3 aromatic rings. The van der Waals surface area contributed by atoms with Crippen LogP contribution in [0.1, 0.15) is 25.0 Å². The van der Waals surface area contributed by atoms with Crippen molar-refractivity contribution >= 4 is 50.7 Å². The fraction of sp³-hybridized carbons (Fsp3) is 0.333. The van der Waals surface area contributed by atoms with E-state index in [1.165, 1.54) is 17.0 Å². The molecule has 0 aliphatic carbocycles. The van der Waals surface area contributed by atoms with E-state index in [0.717, 1.165) is 16.1 Å². The maximum atomic E-state index is 14.2. The average molecular weight is 635 g/mol. The zero-order valence-corrected chi connectivity index (χ0v) is 25.9. The summed E-state index contributed by atoms with van der Waals surface area (Å²) in [5.41, 5.74) is 1.48. The van der Waals surface area contributed by atoms with Gasteiger partial charge in [0.2, 0.25) is 28.6 Å². The molecule has 4 rings (SSSR count). The lowest BCUT2D eigenvalue weighted by molar-refractivity contribution is -0.140. The molecule has 0 aromatic heterocycles. The molecule has 1 N–H and O–H groups in total. The number of hydrogen-bond donors (Lipinski definition) is 1. The van der Waals surface area contributed by atoms with Crippen LogP contribution in [0, 0.1) is 5.92 Å². The molecule has 9 nitrogen and oxygen atoms in total. The third kappa shape index (κ3) is 7.87. The first-order valence-corrected chi connectivity index (χ1v) is 16.0. The van der Waals surface area contributed by atoms with Gasteiger partial charge in [0.25, 0.3) is 0 Å². The minimum Gasteiger partial charge on any atom is -0.454 e. The Morgan fingerprint density at radius 3 is 2.26 bits per heavy atom. The van der Waals surface area contributed by atoms with E-state index in [9.17, 15) is 18.0 Å². The molecule has 0 spiro atoms. The van der Waals surface area contributed by atoms with Crippen molar-refractivity contribution in [3.63, 3.8) is 0 Å². The molecule has 0 radical (unpaired) electrons. The first-order valence-electron chi connectivity index (χ1n) is 13.4. The smallest absolute Gasteiger partial charge is 0.244 e. The van der Waals surface area contributed by atoms with E-state index in [1.54, 1.807) is 24.3 Å². The highest BCUT2D eigenvalue weighted by Gasteiger charge is 2.34. The number of sulfonamides is 1. The zero-order chi connectivity index (χ0) is 30.4. The Balaban J connectivity index is 1.76. The maximum Gasteiger partial charge on any atom is 0.244 e. The van der Waals surface area contributed by atoms with Crippen LogP contribution in [-0.4, -0.2) is 57.3 Å². The van der Waals surface area contributed by atoms with Gasteiger partial charge < -0.3 is 19.7 Å². The number of carbonyl (C=O) groups is 2. The lowest BCUT2D eigenvalue weighted by Gasteiger charge is -2.34. The van der Waals surface area contributed by atoms with Crippen LogP contribution in [0.25, 0.3) is 0 Å². The third-order valence-corrected chi connectivity index (χ3v) is 8.52. The van der Waals surface area contributed by atoms with Gasteiger partial charge in [-0.3, -0.25) is 13.9 Å². The van der Waals surface area contributed by atoms with E-state index < -0.39 is 28.5 Å². The van der Waals surface area contributed by atoms with Crippen LogP contribution in [0.5, 0.6) is 11.5 Å². The van der Waals surface area contributed by atoms with Gasteiger partial charge in [-0.15, -0.1) is 0 Å². The van der Waals surface area contributed by atoms with Crippen molar-refractivity contribution < 1.29 is 27.5 Å². The van der Waals surface area contributed by atoms with Gasteiger partial charge in [-0.2, -0.15) is 0 Å². The molecule has 42 heavy (non-hydrogen) atoms. The van der Waals surface area contributed by atoms with E-state index in [2.05, 4.69) is 5.32 Å². The Bertz CT molecular complexity index is 1510. The number of anilines is 1. The Kier molecular flexibility index (Phi) is 10.2.